The summed E-state index contributed by atoms with van der Waals surface area (Å²) in [6.07, 6.45) is 1.57. The largest absolute Gasteiger partial charge is 0.310 e. The molecule has 0 fully saturated rings. The van der Waals surface area contributed by atoms with Crippen LogP contribution in [0.5, 0.6) is 0 Å². The minimum atomic E-state index is -0.622. The number of nitrogens with zero attached hydrogens (tertiary/aromatic N) is 2. The van der Waals surface area contributed by atoms with Gasteiger partial charge in [0.15, 0.2) is 0 Å². The predicted molar refractivity (Wildman–Crippen MR) is 64.8 cm³/mol. The van der Waals surface area contributed by atoms with Crippen LogP contribution in [0.15, 0.2) is 30.5 Å². The molecule has 0 aliphatic rings. The van der Waals surface area contributed by atoms with Gasteiger partial charge in [0.05, 0.1) is 12.2 Å². The maximum atomic E-state index is 13.6. The van der Waals surface area contributed by atoms with Crippen LogP contribution in [0.1, 0.15) is 12.7 Å². The number of hydrogen-bond donors (Lipinski definition) is 1. The molecule has 1 aromatic heterocycles. The van der Waals surface area contributed by atoms with Crippen LogP contribution in [0.2, 0.25) is 0 Å². The Hall–Kier alpha value is -1.88. The molecule has 94 valence electrons. The Labute approximate surface area is 104 Å². The van der Waals surface area contributed by atoms with Crippen LogP contribution in [0.25, 0.3) is 11.3 Å². The summed E-state index contributed by atoms with van der Waals surface area (Å²) < 4.78 is 26.4. The molecule has 0 saturated carbocycles. The number of benzene rings is 1. The number of nitrogens with one attached hydrogen (secondary N) is 1. The van der Waals surface area contributed by atoms with E-state index in [0.717, 1.165) is 12.6 Å². The molecule has 0 atom stereocenters. The zero-order valence-corrected chi connectivity index (χ0v) is 9.95. The molecule has 1 aromatic carbocycles. The molecule has 18 heavy (non-hydrogen) atoms. The smallest absolute Gasteiger partial charge is 0.142 e. The first-order chi connectivity index (χ1) is 8.70. The van der Waals surface area contributed by atoms with Crippen molar-refractivity contribution in [3.8, 4) is 11.3 Å². The van der Waals surface area contributed by atoms with E-state index in [9.17, 15) is 8.78 Å². The maximum Gasteiger partial charge on any atom is 0.142 e. The van der Waals surface area contributed by atoms with Crippen molar-refractivity contribution in [2.24, 2.45) is 0 Å². The molecule has 5 heteroatoms. The van der Waals surface area contributed by atoms with Gasteiger partial charge in [-0.3, -0.25) is 0 Å². The SMILES string of the molecule is CCNCc1nccc(-c2ccc(F)cc2F)n1. The van der Waals surface area contributed by atoms with Gasteiger partial charge >= 0.3 is 0 Å². The average Bonchev–Trinajstić information content (AvgIpc) is 2.36. The highest BCUT2D eigenvalue weighted by atomic mass is 19.1. The normalized spacial score (nSPS) is 10.6. The average molecular weight is 249 g/mol. The Morgan fingerprint density at radius 1 is 1.22 bits per heavy atom. The molecular weight excluding hydrogens is 236 g/mol. The molecule has 0 spiro atoms. The van der Waals surface area contributed by atoms with Gasteiger partial charge in [0.1, 0.15) is 17.5 Å². The van der Waals surface area contributed by atoms with Crippen LogP contribution >= 0.6 is 0 Å². The summed E-state index contributed by atoms with van der Waals surface area (Å²) in [6.45, 7) is 3.30. The lowest BCUT2D eigenvalue weighted by atomic mass is 10.1. The number of halogens is 2. The molecule has 2 aromatic rings. The summed E-state index contributed by atoms with van der Waals surface area (Å²) >= 11 is 0. The zero-order chi connectivity index (χ0) is 13.0. The van der Waals surface area contributed by atoms with E-state index in [1.165, 1.54) is 12.1 Å². The number of aromatic nitrogens is 2. The quantitative estimate of drug-likeness (QED) is 0.904. The zero-order valence-electron chi connectivity index (χ0n) is 9.95. The summed E-state index contributed by atoms with van der Waals surface area (Å²) in [6, 6.07) is 5.04. The standard InChI is InChI=1S/C13H13F2N3/c1-2-16-8-13-17-6-5-12(18-13)10-4-3-9(14)7-11(10)15/h3-7,16H,2,8H2,1H3. The van der Waals surface area contributed by atoms with Crippen molar-refractivity contribution < 1.29 is 8.78 Å². The van der Waals surface area contributed by atoms with E-state index in [-0.39, 0.29) is 5.56 Å². The second-order valence-corrected chi connectivity index (χ2v) is 3.76. The monoisotopic (exact) mass is 249 g/mol. The van der Waals surface area contributed by atoms with E-state index < -0.39 is 11.6 Å². The molecule has 1 heterocycles. The van der Waals surface area contributed by atoms with E-state index >= 15 is 0 Å². The highest BCUT2D eigenvalue weighted by Gasteiger charge is 2.08. The summed E-state index contributed by atoms with van der Waals surface area (Å²) in [5.74, 6) is -0.639. The molecule has 3 nitrogen and oxygen atoms in total. The Morgan fingerprint density at radius 2 is 2.06 bits per heavy atom. The molecule has 0 radical (unpaired) electrons. The third-order valence-corrected chi connectivity index (χ3v) is 2.45. The van der Waals surface area contributed by atoms with Crippen molar-refractivity contribution in [2.45, 2.75) is 13.5 Å². The van der Waals surface area contributed by atoms with Crippen LogP contribution in [-0.4, -0.2) is 16.5 Å². The lowest BCUT2D eigenvalue weighted by molar-refractivity contribution is 0.585. The van der Waals surface area contributed by atoms with Gasteiger partial charge < -0.3 is 5.32 Å². The fourth-order valence-corrected chi connectivity index (χ4v) is 1.57. The van der Waals surface area contributed by atoms with E-state index in [1.807, 2.05) is 6.92 Å². The number of rotatable bonds is 4. The highest BCUT2D eigenvalue weighted by Crippen LogP contribution is 2.21. The Balaban J connectivity index is 2.32. The first-order valence-electron chi connectivity index (χ1n) is 5.68. The molecule has 0 bridgehead atoms. The van der Waals surface area contributed by atoms with Crippen molar-refractivity contribution >= 4 is 0 Å². The lowest BCUT2D eigenvalue weighted by Gasteiger charge is -2.05. The molecule has 0 amide bonds. The van der Waals surface area contributed by atoms with Gasteiger partial charge in [0.2, 0.25) is 0 Å². The summed E-state index contributed by atoms with van der Waals surface area (Å²) in [5, 5.41) is 3.09. The molecule has 0 aliphatic carbocycles. The summed E-state index contributed by atoms with van der Waals surface area (Å²) in [5.41, 5.74) is 0.729. The van der Waals surface area contributed by atoms with Crippen LogP contribution in [0.4, 0.5) is 8.78 Å². The van der Waals surface area contributed by atoms with Gasteiger partial charge in [-0.15, -0.1) is 0 Å². The van der Waals surface area contributed by atoms with Gasteiger partial charge in [-0.25, -0.2) is 18.7 Å². The third-order valence-electron chi connectivity index (χ3n) is 2.45. The van der Waals surface area contributed by atoms with E-state index in [2.05, 4.69) is 15.3 Å². The van der Waals surface area contributed by atoms with Gasteiger partial charge in [-0.1, -0.05) is 6.92 Å². The van der Waals surface area contributed by atoms with E-state index in [4.69, 9.17) is 0 Å². The molecule has 1 N–H and O–H groups in total. The maximum absolute atomic E-state index is 13.6. The molecule has 0 unspecified atom stereocenters. The molecule has 0 aliphatic heterocycles. The van der Waals surface area contributed by atoms with Crippen molar-refractivity contribution in [3.63, 3.8) is 0 Å². The molecule has 2 rings (SSSR count). The van der Waals surface area contributed by atoms with Gasteiger partial charge in [-0.05, 0) is 24.7 Å². The first kappa shape index (κ1) is 12.6. The molecular formula is C13H13F2N3. The third kappa shape index (κ3) is 2.87. The van der Waals surface area contributed by atoms with Crippen LogP contribution in [0.3, 0.4) is 0 Å². The summed E-state index contributed by atoms with van der Waals surface area (Å²) in [7, 11) is 0. The second-order valence-electron chi connectivity index (χ2n) is 3.76. The Kier molecular flexibility index (Phi) is 3.94. The fourth-order valence-electron chi connectivity index (χ4n) is 1.57. The van der Waals surface area contributed by atoms with E-state index in [0.29, 0.717) is 18.1 Å². The van der Waals surface area contributed by atoms with Crippen LogP contribution in [-0.2, 0) is 6.54 Å². The lowest BCUT2D eigenvalue weighted by Crippen LogP contribution is -2.14. The highest BCUT2D eigenvalue weighted by molar-refractivity contribution is 5.59. The number of hydrogen-bond acceptors (Lipinski definition) is 3. The fraction of sp³-hybridized carbons (Fsp3) is 0.231. The Bertz CT molecular complexity index is 544. The predicted octanol–water partition coefficient (Wildman–Crippen LogP) is 2.53. The van der Waals surface area contributed by atoms with E-state index in [1.54, 1.807) is 12.3 Å². The topological polar surface area (TPSA) is 37.8 Å². The van der Waals surface area contributed by atoms with Crippen molar-refractivity contribution in [1.29, 1.82) is 0 Å². The summed E-state index contributed by atoms with van der Waals surface area (Å²) in [4.78, 5) is 8.31. The minimum Gasteiger partial charge on any atom is -0.310 e. The van der Waals surface area contributed by atoms with Crippen LogP contribution < -0.4 is 5.32 Å². The second kappa shape index (κ2) is 5.64. The molecule has 0 saturated heterocycles. The van der Waals surface area contributed by atoms with Gasteiger partial charge in [0, 0.05) is 17.8 Å². The Morgan fingerprint density at radius 3 is 2.78 bits per heavy atom. The van der Waals surface area contributed by atoms with Crippen LogP contribution in [0, 0.1) is 11.6 Å². The minimum absolute atomic E-state index is 0.275. The van der Waals surface area contributed by atoms with Crippen molar-refractivity contribution in [2.75, 3.05) is 6.54 Å². The van der Waals surface area contributed by atoms with Crippen molar-refractivity contribution in [1.82, 2.24) is 15.3 Å². The van der Waals surface area contributed by atoms with Gasteiger partial charge in [-0.2, -0.15) is 0 Å². The van der Waals surface area contributed by atoms with Crippen molar-refractivity contribution in [3.05, 3.63) is 47.9 Å². The first-order valence-corrected chi connectivity index (χ1v) is 5.68. The van der Waals surface area contributed by atoms with Gasteiger partial charge in [0.25, 0.3) is 0 Å².